The molecule has 8 heavy (non-hydrogen) atoms. The molecule has 2 fully saturated rings. The minimum absolute atomic E-state index is 0.0775. The van der Waals surface area contributed by atoms with Crippen LogP contribution in [-0.4, -0.2) is 17.7 Å². The number of fused-ring (bicyclic) bond motifs is 1. The van der Waals surface area contributed by atoms with Crippen molar-refractivity contribution >= 4 is 11.7 Å². The molecule has 1 aliphatic heterocycles. The summed E-state index contributed by atoms with van der Waals surface area (Å²) in [5.74, 6) is -0.208. The fourth-order valence-electron chi connectivity index (χ4n) is 1.17. The average Bonchev–Trinajstić information content (AvgIpc) is 1.63. The SMILES string of the molecule is O=C1C[C@H]2NC(=O)[C@@H]12. The van der Waals surface area contributed by atoms with Gasteiger partial charge in [0.2, 0.25) is 5.91 Å². The number of hydrogen-bond acceptors (Lipinski definition) is 2. The normalized spacial score (nSPS) is 41.5. The Hall–Kier alpha value is -0.860. The van der Waals surface area contributed by atoms with Crippen LogP contribution in [0.5, 0.6) is 0 Å². The van der Waals surface area contributed by atoms with Crippen LogP contribution >= 0.6 is 0 Å². The van der Waals surface area contributed by atoms with E-state index in [1.807, 2.05) is 0 Å². The maximum Gasteiger partial charge on any atom is 0.232 e. The Bertz CT molecular complexity index is 157. The number of piperidine rings is 1. The third-order valence-electron chi connectivity index (χ3n) is 1.78. The molecule has 3 nitrogen and oxygen atoms in total. The van der Waals surface area contributed by atoms with Crippen molar-refractivity contribution in [1.29, 1.82) is 0 Å². The smallest absolute Gasteiger partial charge is 0.232 e. The monoisotopic (exact) mass is 111 g/mol. The van der Waals surface area contributed by atoms with E-state index >= 15 is 0 Å². The Morgan fingerprint density at radius 2 is 2.25 bits per heavy atom. The second kappa shape index (κ2) is 0.940. The third kappa shape index (κ3) is 0.240. The zero-order chi connectivity index (χ0) is 5.72. The summed E-state index contributed by atoms with van der Waals surface area (Å²) < 4.78 is 0. The summed E-state index contributed by atoms with van der Waals surface area (Å²) in [4.78, 5) is 20.8. The average molecular weight is 111 g/mol. The van der Waals surface area contributed by atoms with Crippen molar-refractivity contribution < 1.29 is 9.59 Å². The number of carbonyl (C=O) groups excluding carboxylic acids is 2. The van der Waals surface area contributed by atoms with E-state index in [1.165, 1.54) is 0 Å². The molecule has 0 aromatic heterocycles. The van der Waals surface area contributed by atoms with E-state index in [-0.39, 0.29) is 23.7 Å². The second-order valence-electron chi connectivity index (χ2n) is 2.26. The van der Waals surface area contributed by atoms with Crippen LogP contribution in [0.2, 0.25) is 0 Å². The maximum absolute atomic E-state index is 10.4. The highest BCUT2D eigenvalue weighted by Crippen LogP contribution is 2.30. The van der Waals surface area contributed by atoms with Gasteiger partial charge in [-0.15, -0.1) is 0 Å². The van der Waals surface area contributed by atoms with E-state index in [2.05, 4.69) is 5.32 Å². The number of carbonyl (C=O) groups is 2. The van der Waals surface area contributed by atoms with Gasteiger partial charge in [-0.3, -0.25) is 9.59 Å². The molecule has 0 unspecified atom stereocenters. The number of Topliss-reactive ketones (excluding diaryl/α,β-unsaturated/α-hetero) is 1. The molecule has 1 saturated heterocycles. The Balaban J connectivity index is 2.19. The molecule has 2 rings (SSSR count). The van der Waals surface area contributed by atoms with Crippen LogP contribution in [0.3, 0.4) is 0 Å². The Morgan fingerprint density at radius 1 is 1.50 bits per heavy atom. The topological polar surface area (TPSA) is 46.2 Å². The van der Waals surface area contributed by atoms with Crippen LogP contribution in [0, 0.1) is 5.92 Å². The van der Waals surface area contributed by atoms with Gasteiger partial charge in [-0.1, -0.05) is 0 Å². The summed E-state index contributed by atoms with van der Waals surface area (Å²) in [7, 11) is 0. The van der Waals surface area contributed by atoms with Gasteiger partial charge >= 0.3 is 0 Å². The number of β-lactam (4-membered cyclic amide) rings is 1. The molecule has 1 aliphatic carbocycles. The third-order valence-corrected chi connectivity index (χ3v) is 1.78. The standard InChI is InChI=1S/C5H5NO2/c7-3-1-2-4(3)5(8)6-2/h2,4H,1H2,(H,6,8)/t2-,4-/m1/s1. The maximum atomic E-state index is 10.4. The summed E-state index contributed by atoms with van der Waals surface area (Å²) in [5.41, 5.74) is 0. The van der Waals surface area contributed by atoms with E-state index in [9.17, 15) is 9.59 Å². The van der Waals surface area contributed by atoms with Gasteiger partial charge in [0.25, 0.3) is 0 Å². The summed E-state index contributed by atoms with van der Waals surface area (Å²) >= 11 is 0. The van der Waals surface area contributed by atoms with E-state index < -0.39 is 0 Å². The Morgan fingerprint density at radius 3 is 2.50 bits per heavy atom. The zero-order valence-corrected chi connectivity index (χ0v) is 4.18. The highest BCUT2D eigenvalue weighted by atomic mass is 16.2. The number of amides is 1. The quantitative estimate of drug-likeness (QED) is 0.324. The molecule has 42 valence electrons. The first kappa shape index (κ1) is 4.06. The van der Waals surface area contributed by atoms with Gasteiger partial charge in [0.05, 0.1) is 6.04 Å². The molecule has 0 spiro atoms. The predicted octanol–water partition coefficient (Wildman–Crippen LogP) is -0.926. The molecule has 0 radical (unpaired) electrons. The molecule has 0 aromatic carbocycles. The first-order valence-electron chi connectivity index (χ1n) is 2.62. The molecular formula is C5H5NO2. The van der Waals surface area contributed by atoms with Crippen LogP contribution in [-0.2, 0) is 9.59 Å². The molecular weight excluding hydrogens is 106 g/mol. The largest absolute Gasteiger partial charge is 0.351 e. The number of hydrogen-bond donors (Lipinski definition) is 1. The number of rotatable bonds is 0. The molecule has 0 bridgehead atoms. The first-order valence-corrected chi connectivity index (χ1v) is 2.62. The number of ketones is 1. The van der Waals surface area contributed by atoms with E-state index in [0.717, 1.165) is 0 Å². The molecule has 3 heteroatoms. The minimum atomic E-state index is -0.241. The predicted molar refractivity (Wildman–Crippen MR) is 25.0 cm³/mol. The molecule has 1 saturated carbocycles. The van der Waals surface area contributed by atoms with Crippen molar-refractivity contribution in [3.8, 4) is 0 Å². The summed E-state index contributed by atoms with van der Waals surface area (Å²) in [6.07, 6.45) is 0.566. The number of nitrogens with one attached hydrogen (secondary N) is 1. The highest BCUT2D eigenvalue weighted by molar-refractivity contribution is 6.12. The van der Waals surface area contributed by atoms with E-state index in [4.69, 9.17) is 0 Å². The minimum Gasteiger partial charge on any atom is -0.351 e. The van der Waals surface area contributed by atoms with Gasteiger partial charge < -0.3 is 5.32 Å². The van der Waals surface area contributed by atoms with E-state index in [0.29, 0.717) is 6.42 Å². The zero-order valence-electron chi connectivity index (χ0n) is 4.18. The Labute approximate surface area is 46.1 Å². The fraction of sp³-hybridized carbons (Fsp3) is 0.600. The summed E-state index contributed by atoms with van der Waals surface area (Å²) in [5, 5.41) is 2.61. The van der Waals surface area contributed by atoms with Gasteiger partial charge in [-0.25, -0.2) is 0 Å². The summed E-state index contributed by atoms with van der Waals surface area (Å²) in [6.45, 7) is 0. The van der Waals surface area contributed by atoms with Crippen molar-refractivity contribution in [2.45, 2.75) is 12.5 Å². The van der Waals surface area contributed by atoms with Gasteiger partial charge in [-0.2, -0.15) is 0 Å². The van der Waals surface area contributed by atoms with Crippen molar-refractivity contribution in [3.05, 3.63) is 0 Å². The van der Waals surface area contributed by atoms with Gasteiger partial charge in [0.15, 0.2) is 0 Å². The van der Waals surface area contributed by atoms with Crippen molar-refractivity contribution in [2.24, 2.45) is 5.92 Å². The molecule has 0 aromatic rings. The molecule has 2 atom stereocenters. The van der Waals surface area contributed by atoms with Gasteiger partial charge in [0, 0.05) is 6.42 Å². The lowest BCUT2D eigenvalue weighted by molar-refractivity contribution is -0.153. The Kier molecular flexibility index (Phi) is 0.477. The summed E-state index contributed by atoms with van der Waals surface area (Å²) in [6, 6.07) is 0.218. The van der Waals surface area contributed by atoms with Crippen LogP contribution in [0.1, 0.15) is 6.42 Å². The van der Waals surface area contributed by atoms with Gasteiger partial charge in [-0.05, 0) is 0 Å². The lowest BCUT2D eigenvalue weighted by Crippen LogP contribution is -2.69. The first-order chi connectivity index (χ1) is 3.79. The lowest BCUT2D eigenvalue weighted by Gasteiger charge is -2.43. The lowest BCUT2D eigenvalue weighted by atomic mass is 9.71. The molecule has 2 aliphatic rings. The van der Waals surface area contributed by atoms with Crippen molar-refractivity contribution in [3.63, 3.8) is 0 Å². The fourth-order valence-corrected chi connectivity index (χ4v) is 1.17. The molecule has 1 amide bonds. The molecule has 1 N–H and O–H groups in total. The van der Waals surface area contributed by atoms with Crippen molar-refractivity contribution in [2.75, 3.05) is 0 Å². The van der Waals surface area contributed by atoms with Crippen molar-refractivity contribution in [1.82, 2.24) is 5.32 Å². The van der Waals surface area contributed by atoms with Crippen LogP contribution in [0.25, 0.3) is 0 Å². The second-order valence-corrected chi connectivity index (χ2v) is 2.26. The van der Waals surface area contributed by atoms with Crippen LogP contribution in [0.4, 0.5) is 0 Å². The van der Waals surface area contributed by atoms with E-state index in [1.54, 1.807) is 0 Å². The van der Waals surface area contributed by atoms with Crippen LogP contribution < -0.4 is 5.32 Å². The van der Waals surface area contributed by atoms with Crippen LogP contribution in [0.15, 0.2) is 0 Å². The highest BCUT2D eigenvalue weighted by Gasteiger charge is 2.53. The molecule has 1 heterocycles. The van der Waals surface area contributed by atoms with Gasteiger partial charge in [0.1, 0.15) is 11.7 Å².